The summed E-state index contributed by atoms with van der Waals surface area (Å²) in [6, 6.07) is 3.66. The molecule has 2 aliphatic rings. The number of pyridine rings is 1. The number of imide groups is 1. The standard InChI is InChI=1S/C16H18BrN5O2/c1-15(2)8-21(4-3-16(15)13(23)19-14(24)20-16)12-6-10(17)5-11-7-18-9-22(11)12/h5-7,9H,3-4,8H2,1-2H3,(H2,19,20,23,24). The quantitative estimate of drug-likeness (QED) is 0.727. The number of aromatic nitrogens is 2. The van der Waals surface area contributed by atoms with Crippen molar-refractivity contribution in [3.05, 3.63) is 29.1 Å². The van der Waals surface area contributed by atoms with Crippen LogP contribution in [0.2, 0.25) is 0 Å². The van der Waals surface area contributed by atoms with E-state index in [1.54, 1.807) is 6.33 Å². The van der Waals surface area contributed by atoms with Crippen LogP contribution >= 0.6 is 15.9 Å². The second-order valence-corrected chi connectivity index (χ2v) is 8.00. The minimum absolute atomic E-state index is 0.223. The van der Waals surface area contributed by atoms with Crippen molar-refractivity contribution < 1.29 is 9.59 Å². The number of nitrogens with zero attached hydrogens (tertiary/aromatic N) is 3. The molecule has 2 aliphatic heterocycles. The van der Waals surface area contributed by atoms with E-state index in [4.69, 9.17) is 0 Å². The number of piperidine rings is 1. The van der Waals surface area contributed by atoms with Crippen molar-refractivity contribution in [2.75, 3.05) is 18.0 Å². The molecule has 0 aromatic carbocycles. The molecule has 3 amide bonds. The van der Waals surface area contributed by atoms with E-state index in [1.807, 2.05) is 30.5 Å². The van der Waals surface area contributed by atoms with Crippen LogP contribution in [0.1, 0.15) is 20.3 Å². The van der Waals surface area contributed by atoms with E-state index in [-0.39, 0.29) is 5.91 Å². The second-order valence-electron chi connectivity index (χ2n) is 7.09. The molecule has 24 heavy (non-hydrogen) atoms. The molecule has 1 atom stereocenters. The average Bonchev–Trinajstić information content (AvgIpc) is 3.06. The molecule has 2 fully saturated rings. The van der Waals surface area contributed by atoms with Gasteiger partial charge in [0.1, 0.15) is 17.7 Å². The molecule has 4 rings (SSSR count). The van der Waals surface area contributed by atoms with E-state index in [2.05, 4.69) is 42.5 Å². The molecule has 126 valence electrons. The van der Waals surface area contributed by atoms with E-state index in [1.165, 1.54) is 0 Å². The summed E-state index contributed by atoms with van der Waals surface area (Å²) >= 11 is 3.55. The Morgan fingerprint density at radius 1 is 1.29 bits per heavy atom. The first-order valence-corrected chi connectivity index (χ1v) is 8.62. The Morgan fingerprint density at radius 2 is 2.08 bits per heavy atom. The van der Waals surface area contributed by atoms with Gasteiger partial charge in [0.25, 0.3) is 5.91 Å². The molecule has 2 aromatic rings. The van der Waals surface area contributed by atoms with Crippen molar-refractivity contribution in [3.8, 4) is 0 Å². The van der Waals surface area contributed by atoms with Crippen molar-refractivity contribution in [1.29, 1.82) is 0 Å². The van der Waals surface area contributed by atoms with E-state index in [0.29, 0.717) is 19.5 Å². The van der Waals surface area contributed by atoms with Gasteiger partial charge in [-0.3, -0.25) is 14.5 Å². The van der Waals surface area contributed by atoms with Gasteiger partial charge in [-0.2, -0.15) is 0 Å². The van der Waals surface area contributed by atoms with Crippen LogP contribution in [0.4, 0.5) is 10.6 Å². The molecule has 1 unspecified atom stereocenters. The third-order valence-corrected chi connectivity index (χ3v) is 5.69. The number of carbonyl (C=O) groups is 2. The van der Waals surface area contributed by atoms with Crippen molar-refractivity contribution in [3.63, 3.8) is 0 Å². The smallest absolute Gasteiger partial charge is 0.322 e. The average molecular weight is 392 g/mol. The first-order valence-electron chi connectivity index (χ1n) is 7.83. The van der Waals surface area contributed by atoms with Crippen LogP contribution in [0.25, 0.3) is 5.52 Å². The van der Waals surface area contributed by atoms with Gasteiger partial charge >= 0.3 is 6.03 Å². The lowest BCUT2D eigenvalue weighted by Gasteiger charge is -2.50. The Kier molecular flexibility index (Phi) is 3.19. The Morgan fingerprint density at radius 3 is 2.75 bits per heavy atom. The zero-order valence-corrected chi connectivity index (χ0v) is 15.1. The molecule has 0 saturated carbocycles. The minimum atomic E-state index is -0.847. The summed E-state index contributed by atoms with van der Waals surface area (Å²) in [5.41, 5.74) is -0.262. The molecule has 2 N–H and O–H groups in total. The number of nitrogens with one attached hydrogen (secondary N) is 2. The lowest BCUT2D eigenvalue weighted by atomic mass is 9.67. The lowest BCUT2D eigenvalue weighted by molar-refractivity contribution is -0.129. The zero-order valence-electron chi connectivity index (χ0n) is 13.5. The maximum Gasteiger partial charge on any atom is 0.322 e. The number of imidazole rings is 1. The highest BCUT2D eigenvalue weighted by molar-refractivity contribution is 9.10. The first kappa shape index (κ1) is 15.4. The molecule has 0 radical (unpaired) electrons. The molecule has 1 spiro atoms. The summed E-state index contributed by atoms with van der Waals surface area (Å²) < 4.78 is 3.02. The zero-order chi connectivity index (χ0) is 17.1. The number of hydrogen-bond donors (Lipinski definition) is 2. The van der Waals surface area contributed by atoms with Crippen LogP contribution in [0.15, 0.2) is 29.1 Å². The Balaban J connectivity index is 1.72. The van der Waals surface area contributed by atoms with Gasteiger partial charge in [0.05, 0.1) is 11.7 Å². The number of urea groups is 1. The molecule has 2 saturated heterocycles. The predicted molar refractivity (Wildman–Crippen MR) is 92.9 cm³/mol. The number of rotatable bonds is 1. The summed E-state index contributed by atoms with van der Waals surface area (Å²) in [6.07, 6.45) is 4.16. The highest BCUT2D eigenvalue weighted by atomic mass is 79.9. The van der Waals surface area contributed by atoms with Crippen LogP contribution in [0.3, 0.4) is 0 Å². The van der Waals surface area contributed by atoms with Gasteiger partial charge in [0, 0.05) is 23.0 Å². The third-order valence-electron chi connectivity index (χ3n) is 5.23. The lowest BCUT2D eigenvalue weighted by Crippen LogP contribution is -2.66. The van der Waals surface area contributed by atoms with Gasteiger partial charge in [-0.05, 0) is 18.6 Å². The highest BCUT2D eigenvalue weighted by Gasteiger charge is 2.58. The van der Waals surface area contributed by atoms with Crippen molar-refractivity contribution in [1.82, 2.24) is 20.0 Å². The predicted octanol–water partition coefficient (Wildman–Crippen LogP) is 1.91. The number of amides is 3. The van der Waals surface area contributed by atoms with E-state index in [0.717, 1.165) is 15.8 Å². The summed E-state index contributed by atoms with van der Waals surface area (Å²) in [4.78, 5) is 30.5. The Labute approximate surface area is 147 Å². The molecular weight excluding hydrogens is 374 g/mol. The largest absolute Gasteiger partial charge is 0.357 e. The van der Waals surface area contributed by atoms with Gasteiger partial charge in [0.2, 0.25) is 0 Å². The fraction of sp³-hybridized carbons (Fsp3) is 0.438. The third kappa shape index (κ3) is 2.05. The SMILES string of the molecule is CC1(C)CN(c2cc(Br)cc3cncn23)CCC12NC(=O)NC2=O. The van der Waals surface area contributed by atoms with Crippen LogP contribution in [0, 0.1) is 5.41 Å². The van der Waals surface area contributed by atoms with Crippen LogP contribution in [0.5, 0.6) is 0 Å². The van der Waals surface area contributed by atoms with Crippen LogP contribution < -0.4 is 15.5 Å². The molecule has 8 heteroatoms. The fourth-order valence-corrected chi connectivity index (χ4v) is 4.33. The second kappa shape index (κ2) is 4.95. The normalized spacial score (nSPS) is 26.0. The molecular formula is C16H18BrN5O2. The van der Waals surface area contributed by atoms with E-state index >= 15 is 0 Å². The minimum Gasteiger partial charge on any atom is -0.357 e. The maximum atomic E-state index is 12.4. The van der Waals surface area contributed by atoms with Crippen LogP contribution in [-0.4, -0.2) is 40.0 Å². The van der Waals surface area contributed by atoms with Gasteiger partial charge in [-0.25, -0.2) is 9.78 Å². The number of carbonyl (C=O) groups excluding carboxylic acids is 2. The number of halogens is 1. The maximum absolute atomic E-state index is 12.4. The van der Waals surface area contributed by atoms with Gasteiger partial charge in [0.15, 0.2) is 0 Å². The van der Waals surface area contributed by atoms with Gasteiger partial charge < -0.3 is 10.2 Å². The van der Waals surface area contributed by atoms with Crippen molar-refractivity contribution in [2.45, 2.75) is 25.8 Å². The Bertz CT molecular complexity index is 861. The monoisotopic (exact) mass is 391 g/mol. The van der Waals surface area contributed by atoms with Crippen LogP contribution in [-0.2, 0) is 4.79 Å². The highest BCUT2D eigenvalue weighted by Crippen LogP contribution is 2.42. The number of hydrogen-bond acceptors (Lipinski definition) is 4. The van der Waals surface area contributed by atoms with E-state index in [9.17, 15) is 9.59 Å². The summed E-state index contributed by atoms with van der Waals surface area (Å²) in [6.45, 7) is 5.35. The van der Waals surface area contributed by atoms with E-state index < -0.39 is 17.0 Å². The summed E-state index contributed by atoms with van der Waals surface area (Å²) in [5, 5.41) is 5.26. The molecule has 7 nitrogen and oxygen atoms in total. The van der Waals surface area contributed by atoms with Crippen molar-refractivity contribution >= 4 is 39.2 Å². The van der Waals surface area contributed by atoms with Gasteiger partial charge in [-0.1, -0.05) is 29.8 Å². The molecule has 4 heterocycles. The summed E-state index contributed by atoms with van der Waals surface area (Å²) in [5.74, 6) is 0.795. The summed E-state index contributed by atoms with van der Waals surface area (Å²) in [7, 11) is 0. The van der Waals surface area contributed by atoms with Gasteiger partial charge in [-0.15, -0.1) is 0 Å². The molecule has 0 bridgehead atoms. The first-order chi connectivity index (χ1) is 11.3. The molecule has 0 aliphatic carbocycles. The molecule has 2 aromatic heterocycles. The number of fused-ring (bicyclic) bond motifs is 1. The van der Waals surface area contributed by atoms with Crippen molar-refractivity contribution in [2.24, 2.45) is 5.41 Å². The fourth-order valence-electron chi connectivity index (χ4n) is 3.89. The number of anilines is 1. The topological polar surface area (TPSA) is 78.7 Å². The Hall–Kier alpha value is -2.09.